The van der Waals surface area contributed by atoms with E-state index in [1.54, 1.807) is 17.2 Å². The average Bonchev–Trinajstić information content (AvgIpc) is 3.28. The number of hydroxylamine groups is 1. The molecule has 6 heteroatoms. The number of halogens is 1. The predicted molar refractivity (Wildman–Crippen MR) is 113 cm³/mol. The molecule has 2 aliphatic rings. The molecule has 3 aromatic carbocycles. The first-order valence-corrected chi connectivity index (χ1v) is 10.2. The minimum Gasteiger partial charge on any atom is -0.275 e. The van der Waals surface area contributed by atoms with Crippen LogP contribution in [0, 0.1) is 5.92 Å². The van der Waals surface area contributed by atoms with Crippen LogP contribution in [0.5, 0.6) is 0 Å². The summed E-state index contributed by atoms with van der Waals surface area (Å²) in [5.74, 6) is -1.14. The fourth-order valence-electron chi connectivity index (χ4n) is 4.19. The van der Waals surface area contributed by atoms with E-state index in [1.807, 2.05) is 72.8 Å². The first kappa shape index (κ1) is 18.9. The molecule has 2 aliphatic heterocycles. The molecule has 0 N–H and O–H groups in total. The average molecular weight is 419 g/mol. The quantitative estimate of drug-likeness (QED) is 0.590. The van der Waals surface area contributed by atoms with Crippen molar-refractivity contribution < 1.29 is 14.4 Å². The van der Waals surface area contributed by atoms with E-state index in [1.165, 1.54) is 4.90 Å². The third-order valence-electron chi connectivity index (χ3n) is 5.61. The minimum atomic E-state index is -0.845. The van der Waals surface area contributed by atoms with Crippen LogP contribution in [0.4, 0.5) is 5.69 Å². The molecule has 2 saturated heterocycles. The van der Waals surface area contributed by atoms with Crippen LogP contribution in [0.1, 0.15) is 17.2 Å². The number of carbonyl (C=O) groups is 2. The molecule has 0 radical (unpaired) electrons. The van der Waals surface area contributed by atoms with Crippen LogP contribution < -0.4 is 5.06 Å². The molecule has 3 aromatic rings. The molecule has 0 unspecified atom stereocenters. The largest absolute Gasteiger partial charge is 0.275 e. The van der Waals surface area contributed by atoms with Gasteiger partial charge >= 0.3 is 0 Å². The number of likely N-dealkylation sites (tertiary alicyclic amines) is 1. The van der Waals surface area contributed by atoms with Crippen LogP contribution in [-0.2, 0) is 21.0 Å². The van der Waals surface area contributed by atoms with Crippen molar-refractivity contribution in [1.29, 1.82) is 0 Å². The normalized spacial score (nSPS) is 23.2. The SMILES string of the molecule is O=C1[C@H]2[C@H](ON(c3ccccc3)[C@H]2c2ccc(Cl)cc2)C(=O)N1Cc1ccccc1. The summed E-state index contributed by atoms with van der Waals surface area (Å²) in [4.78, 5) is 34.0. The monoisotopic (exact) mass is 418 g/mol. The van der Waals surface area contributed by atoms with Crippen molar-refractivity contribution in [2.75, 3.05) is 5.06 Å². The number of hydrogen-bond donors (Lipinski definition) is 0. The Morgan fingerprint density at radius 1 is 0.800 bits per heavy atom. The van der Waals surface area contributed by atoms with Crippen molar-refractivity contribution in [1.82, 2.24) is 4.90 Å². The van der Waals surface area contributed by atoms with E-state index in [2.05, 4.69) is 0 Å². The summed E-state index contributed by atoms with van der Waals surface area (Å²) in [6.07, 6.45) is -0.845. The maximum Gasteiger partial charge on any atom is 0.262 e. The van der Waals surface area contributed by atoms with E-state index in [9.17, 15) is 9.59 Å². The molecule has 3 atom stereocenters. The lowest BCUT2D eigenvalue weighted by Gasteiger charge is -2.28. The van der Waals surface area contributed by atoms with E-state index in [0.29, 0.717) is 5.02 Å². The fraction of sp³-hybridized carbons (Fsp3) is 0.167. The van der Waals surface area contributed by atoms with Crippen molar-refractivity contribution >= 4 is 29.1 Å². The molecule has 150 valence electrons. The summed E-state index contributed by atoms with van der Waals surface area (Å²) in [5.41, 5.74) is 2.57. The second-order valence-electron chi connectivity index (χ2n) is 7.46. The molecule has 0 bridgehead atoms. The van der Waals surface area contributed by atoms with E-state index in [4.69, 9.17) is 16.4 Å². The first-order valence-electron chi connectivity index (χ1n) is 9.79. The lowest BCUT2D eigenvalue weighted by Crippen LogP contribution is -2.36. The molecule has 2 heterocycles. The highest BCUT2D eigenvalue weighted by Crippen LogP contribution is 2.47. The zero-order valence-electron chi connectivity index (χ0n) is 16.0. The number of carbonyl (C=O) groups excluding carboxylic acids is 2. The number of benzene rings is 3. The van der Waals surface area contributed by atoms with Crippen LogP contribution in [0.3, 0.4) is 0 Å². The zero-order chi connectivity index (χ0) is 20.7. The number of fused-ring (bicyclic) bond motifs is 1. The Balaban J connectivity index is 1.52. The number of para-hydroxylation sites is 1. The van der Waals surface area contributed by atoms with Crippen molar-refractivity contribution in [3.05, 3.63) is 101 Å². The van der Waals surface area contributed by atoms with Crippen LogP contribution in [-0.4, -0.2) is 22.8 Å². The van der Waals surface area contributed by atoms with E-state index in [-0.39, 0.29) is 18.4 Å². The molecule has 2 fully saturated rings. The van der Waals surface area contributed by atoms with Crippen LogP contribution >= 0.6 is 11.6 Å². The molecule has 5 nitrogen and oxygen atoms in total. The van der Waals surface area contributed by atoms with E-state index >= 15 is 0 Å². The number of imide groups is 1. The second kappa shape index (κ2) is 7.59. The van der Waals surface area contributed by atoms with E-state index in [0.717, 1.165) is 16.8 Å². The highest BCUT2D eigenvalue weighted by molar-refractivity contribution is 6.30. The van der Waals surface area contributed by atoms with Crippen LogP contribution in [0.2, 0.25) is 5.02 Å². The molecular formula is C24H19ClN2O3. The number of rotatable bonds is 4. The zero-order valence-corrected chi connectivity index (χ0v) is 16.8. The lowest BCUT2D eigenvalue weighted by molar-refractivity contribution is -0.143. The van der Waals surface area contributed by atoms with Crippen molar-refractivity contribution in [3.8, 4) is 0 Å². The van der Waals surface area contributed by atoms with Crippen LogP contribution in [0.25, 0.3) is 0 Å². The van der Waals surface area contributed by atoms with E-state index < -0.39 is 18.1 Å². The van der Waals surface area contributed by atoms with Crippen molar-refractivity contribution in [2.24, 2.45) is 5.92 Å². The van der Waals surface area contributed by atoms with Gasteiger partial charge in [0.2, 0.25) is 5.91 Å². The number of anilines is 1. The summed E-state index contributed by atoms with van der Waals surface area (Å²) in [5, 5.41) is 2.30. The standard InChI is InChI=1S/C24H19ClN2O3/c25-18-13-11-17(12-14-18)21-20-22(30-27(21)19-9-5-2-6-10-19)24(29)26(23(20)28)15-16-7-3-1-4-8-16/h1-14,20-22H,15H2/t20-,21+,22+/m1/s1. The lowest BCUT2D eigenvalue weighted by atomic mass is 9.90. The van der Waals surface area contributed by atoms with Gasteiger partial charge in [-0.3, -0.25) is 19.3 Å². The van der Waals surface area contributed by atoms with Crippen molar-refractivity contribution in [2.45, 2.75) is 18.7 Å². The van der Waals surface area contributed by atoms with Gasteiger partial charge in [-0.1, -0.05) is 72.3 Å². The smallest absolute Gasteiger partial charge is 0.262 e. The number of amides is 2. The maximum atomic E-state index is 13.4. The molecule has 0 aliphatic carbocycles. The number of nitrogens with zero attached hydrogens (tertiary/aromatic N) is 2. The molecule has 5 rings (SSSR count). The van der Waals surface area contributed by atoms with Gasteiger partial charge in [0, 0.05) is 5.02 Å². The first-order chi connectivity index (χ1) is 14.6. The Bertz CT molecular complexity index is 1070. The fourth-order valence-corrected chi connectivity index (χ4v) is 4.32. The Morgan fingerprint density at radius 2 is 1.43 bits per heavy atom. The van der Waals surface area contributed by atoms with Gasteiger partial charge in [-0.25, -0.2) is 5.06 Å². The van der Waals surface area contributed by atoms with Gasteiger partial charge in [0.15, 0.2) is 6.10 Å². The third-order valence-corrected chi connectivity index (χ3v) is 5.86. The summed E-state index contributed by atoms with van der Waals surface area (Å²) in [6.45, 7) is 0.244. The molecule has 2 amide bonds. The molecule has 0 saturated carbocycles. The van der Waals surface area contributed by atoms with Gasteiger partial charge in [0.05, 0.1) is 18.3 Å². The molecule has 0 spiro atoms. The summed E-state index contributed by atoms with van der Waals surface area (Å²) in [7, 11) is 0. The van der Waals surface area contributed by atoms with Gasteiger partial charge in [0.1, 0.15) is 5.92 Å². The Kier molecular flexibility index (Phi) is 4.77. The van der Waals surface area contributed by atoms with Gasteiger partial charge in [-0.15, -0.1) is 0 Å². The second-order valence-corrected chi connectivity index (χ2v) is 7.89. The van der Waals surface area contributed by atoms with Gasteiger partial charge in [-0.2, -0.15) is 0 Å². The van der Waals surface area contributed by atoms with Crippen LogP contribution in [0.15, 0.2) is 84.9 Å². The Hall–Kier alpha value is -3.15. The maximum absolute atomic E-state index is 13.4. The summed E-state index contributed by atoms with van der Waals surface area (Å²) >= 11 is 6.07. The Labute approximate surface area is 179 Å². The summed E-state index contributed by atoms with van der Waals surface area (Å²) < 4.78 is 0. The molecule has 0 aromatic heterocycles. The molecule has 30 heavy (non-hydrogen) atoms. The third kappa shape index (κ3) is 3.16. The highest BCUT2D eigenvalue weighted by atomic mass is 35.5. The summed E-state index contributed by atoms with van der Waals surface area (Å²) in [6, 6.07) is 25.9. The van der Waals surface area contributed by atoms with Gasteiger partial charge in [0.25, 0.3) is 5.91 Å². The van der Waals surface area contributed by atoms with Gasteiger partial charge in [-0.05, 0) is 35.4 Å². The Morgan fingerprint density at radius 3 is 2.10 bits per heavy atom. The highest BCUT2D eigenvalue weighted by Gasteiger charge is 2.59. The topological polar surface area (TPSA) is 49.9 Å². The molecular weight excluding hydrogens is 400 g/mol. The minimum absolute atomic E-state index is 0.216. The van der Waals surface area contributed by atoms with Crippen molar-refractivity contribution in [3.63, 3.8) is 0 Å². The number of hydrogen-bond acceptors (Lipinski definition) is 4. The predicted octanol–water partition coefficient (Wildman–Crippen LogP) is 4.39. The van der Waals surface area contributed by atoms with Gasteiger partial charge < -0.3 is 0 Å².